The summed E-state index contributed by atoms with van der Waals surface area (Å²) in [6.45, 7) is 2.63. The summed E-state index contributed by atoms with van der Waals surface area (Å²) in [5, 5.41) is 2.12. The lowest BCUT2D eigenvalue weighted by Gasteiger charge is -2.12. The van der Waals surface area contributed by atoms with Crippen molar-refractivity contribution in [3.8, 4) is 23.0 Å². The Morgan fingerprint density at radius 3 is 2.41 bits per heavy atom. The van der Waals surface area contributed by atoms with Crippen molar-refractivity contribution in [1.29, 1.82) is 0 Å². The van der Waals surface area contributed by atoms with Crippen LogP contribution in [0, 0.1) is 6.92 Å². The van der Waals surface area contributed by atoms with E-state index in [4.69, 9.17) is 14.7 Å². The first-order chi connectivity index (χ1) is 16.7. The average molecular weight is 442 g/mol. The Labute approximate surface area is 198 Å². The SMILES string of the molecule is Cc1ccc(-c2nc(-n3ccc4cc(OCc5ccccc5)ccc43)c3ccccc3n2)cc1. The largest absolute Gasteiger partial charge is 0.489 e. The van der Waals surface area contributed by atoms with Gasteiger partial charge in [-0.1, -0.05) is 72.3 Å². The van der Waals surface area contributed by atoms with Crippen molar-refractivity contribution in [2.24, 2.45) is 0 Å². The molecule has 0 amide bonds. The van der Waals surface area contributed by atoms with Crippen LogP contribution in [0.2, 0.25) is 0 Å². The topological polar surface area (TPSA) is 39.9 Å². The van der Waals surface area contributed by atoms with Crippen molar-refractivity contribution >= 4 is 21.8 Å². The Balaban J connectivity index is 1.42. The zero-order chi connectivity index (χ0) is 22.9. The lowest BCUT2D eigenvalue weighted by molar-refractivity contribution is 0.306. The quantitative estimate of drug-likeness (QED) is 0.286. The van der Waals surface area contributed by atoms with E-state index < -0.39 is 0 Å². The summed E-state index contributed by atoms with van der Waals surface area (Å²) in [6.07, 6.45) is 2.07. The van der Waals surface area contributed by atoms with E-state index in [0.717, 1.165) is 50.3 Å². The number of rotatable bonds is 5. The number of aryl methyl sites for hydroxylation is 1. The summed E-state index contributed by atoms with van der Waals surface area (Å²) >= 11 is 0. The van der Waals surface area contributed by atoms with Crippen molar-refractivity contribution in [1.82, 2.24) is 14.5 Å². The molecule has 0 radical (unpaired) electrons. The Morgan fingerprint density at radius 2 is 1.56 bits per heavy atom. The molecule has 0 bridgehead atoms. The zero-order valence-corrected chi connectivity index (χ0v) is 18.8. The van der Waals surface area contributed by atoms with Gasteiger partial charge in [-0.25, -0.2) is 9.97 Å². The van der Waals surface area contributed by atoms with Gasteiger partial charge in [0.05, 0.1) is 11.0 Å². The number of nitrogens with zero attached hydrogens (tertiary/aromatic N) is 3. The summed E-state index contributed by atoms with van der Waals surface area (Å²) in [7, 11) is 0. The monoisotopic (exact) mass is 441 g/mol. The number of fused-ring (bicyclic) bond motifs is 2. The van der Waals surface area contributed by atoms with Crippen molar-refractivity contribution in [2.75, 3.05) is 0 Å². The molecule has 0 N–H and O–H groups in total. The summed E-state index contributed by atoms with van der Waals surface area (Å²) < 4.78 is 8.17. The normalized spacial score (nSPS) is 11.2. The van der Waals surface area contributed by atoms with E-state index in [-0.39, 0.29) is 0 Å². The molecule has 6 rings (SSSR count). The first-order valence-electron chi connectivity index (χ1n) is 11.4. The third-order valence-electron chi connectivity index (χ3n) is 6.03. The van der Waals surface area contributed by atoms with E-state index in [0.29, 0.717) is 6.61 Å². The van der Waals surface area contributed by atoms with E-state index in [1.54, 1.807) is 0 Å². The highest BCUT2D eigenvalue weighted by Gasteiger charge is 2.13. The van der Waals surface area contributed by atoms with Crippen LogP contribution in [0.15, 0.2) is 109 Å². The molecule has 4 nitrogen and oxygen atoms in total. The molecule has 164 valence electrons. The predicted octanol–water partition coefficient (Wildman–Crippen LogP) is 7.13. The minimum Gasteiger partial charge on any atom is -0.489 e. The highest BCUT2D eigenvalue weighted by Crippen LogP contribution is 2.29. The van der Waals surface area contributed by atoms with Gasteiger partial charge in [-0.3, -0.25) is 0 Å². The van der Waals surface area contributed by atoms with Crippen LogP contribution in [0.4, 0.5) is 0 Å². The third kappa shape index (κ3) is 3.80. The van der Waals surface area contributed by atoms with Gasteiger partial charge in [0.1, 0.15) is 18.2 Å². The maximum Gasteiger partial charge on any atom is 0.162 e. The molecule has 0 fully saturated rings. The highest BCUT2D eigenvalue weighted by atomic mass is 16.5. The van der Waals surface area contributed by atoms with E-state index in [9.17, 15) is 0 Å². The molecule has 4 heteroatoms. The highest BCUT2D eigenvalue weighted by molar-refractivity contribution is 5.91. The number of ether oxygens (including phenoxy) is 1. The summed E-state index contributed by atoms with van der Waals surface area (Å²) in [4.78, 5) is 9.86. The molecule has 4 aromatic carbocycles. The van der Waals surface area contributed by atoms with Gasteiger partial charge in [-0.15, -0.1) is 0 Å². The van der Waals surface area contributed by atoms with Crippen LogP contribution in [0.3, 0.4) is 0 Å². The van der Waals surface area contributed by atoms with Gasteiger partial charge < -0.3 is 9.30 Å². The first-order valence-corrected chi connectivity index (χ1v) is 11.4. The van der Waals surface area contributed by atoms with E-state index in [1.165, 1.54) is 5.56 Å². The fraction of sp³-hybridized carbons (Fsp3) is 0.0667. The molecular weight excluding hydrogens is 418 g/mol. The van der Waals surface area contributed by atoms with Gasteiger partial charge in [0, 0.05) is 22.5 Å². The van der Waals surface area contributed by atoms with Crippen LogP contribution in [0.1, 0.15) is 11.1 Å². The molecule has 2 aromatic heterocycles. The molecule has 6 aromatic rings. The second-order valence-electron chi connectivity index (χ2n) is 8.43. The predicted molar refractivity (Wildman–Crippen MR) is 137 cm³/mol. The van der Waals surface area contributed by atoms with Crippen molar-refractivity contribution < 1.29 is 4.74 Å². The number of hydrogen-bond acceptors (Lipinski definition) is 3. The molecule has 0 atom stereocenters. The molecule has 2 heterocycles. The number of hydrogen-bond donors (Lipinski definition) is 0. The summed E-state index contributed by atoms with van der Waals surface area (Å²) in [5.41, 5.74) is 5.37. The molecule has 34 heavy (non-hydrogen) atoms. The minimum absolute atomic E-state index is 0.545. The van der Waals surface area contributed by atoms with Crippen LogP contribution in [-0.4, -0.2) is 14.5 Å². The average Bonchev–Trinajstić information content (AvgIpc) is 3.31. The maximum atomic E-state index is 6.04. The van der Waals surface area contributed by atoms with Crippen LogP contribution in [-0.2, 0) is 6.61 Å². The number of para-hydroxylation sites is 1. The lowest BCUT2D eigenvalue weighted by Crippen LogP contribution is -2.01. The van der Waals surface area contributed by atoms with Crippen LogP contribution < -0.4 is 4.74 Å². The van der Waals surface area contributed by atoms with Gasteiger partial charge >= 0.3 is 0 Å². The molecule has 0 saturated heterocycles. The molecule has 0 saturated carbocycles. The van der Waals surface area contributed by atoms with E-state index >= 15 is 0 Å². The standard InChI is InChI=1S/C30H23N3O/c1-21-11-13-23(14-12-21)29-31-27-10-6-5-9-26(27)30(32-29)33-18-17-24-19-25(15-16-28(24)33)34-20-22-7-3-2-4-8-22/h2-19H,20H2,1H3. The van der Waals surface area contributed by atoms with Crippen molar-refractivity contribution in [3.05, 3.63) is 120 Å². The second kappa shape index (κ2) is 8.49. The molecule has 0 aliphatic carbocycles. The number of benzene rings is 4. The Hall–Kier alpha value is -4.44. The Morgan fingerprint density at radius 1 is 0.765 bits per heavy atom. The van der Waals surface area contributed by atoms with Crippen molar-refractivity contribution in [2.45, 2.75) is 13.5 Å². The smallest absolute Gasteiger partial charge is 0.162 e. The van der Waals surface area contributed by atoms with Gasteiger partial charge in [0.25, 0.3) is 0 Å². The van der Waals surface area contributed by atoms with Crippen LogP contribution in [0.5, 0.6) is 5.75 Å². The third-order valence-corrected chi connectivity index (χ3v) is 6.03. The molecule has 0 spiro atoms. The Kier molecular flexibility index (Phi) is 5.04. The summed E-state index contributed by atoms with van der Waals surface area (Å²) in [5.74, 6) is 2.44. The molecule has 0 aliphatic rings. The van der Waals surface area contributed by atoms with Gasteiger partial charge in [0.2, 0.25) is 0 Å². The lowest BCUT2D eigenvalue weighted by atomic mass is 10.1. The summed E-state index contributed by atoms with van der Waals surface area (Å²) in [6, 6.07) is 35.0. The second-order valence-corrected chi connectivity index (χ2v) is 8.43. The number of aromatic nitrogens is 3. The van der Waals surface area contributed by atoms with Gasteiger partial charge in [-0.05, 0) is 48.9 Å². The van der Waals surface area contributed by atoms with Crippen molar-refractivity contribution in [3.63, 3.8) is 0 Å². The molecular formula is C30H23N3O. The van der Waals surface area contributed by atoms with Gasteiger partial charge in [0.15, 0.2) is 5.82 Å². The fourth-order valence-corrected chi connectivity index (χ4v) is 4.21. The van der Waals surface area contributed by atoms with Crippen LogP contribution >= 0.6 is 0 Å². The zero-order valence-electron chi connectivity index (χ0n) is 18.8. The van der Waals surface area contributed by atoms with E-state index in [2.05, 4.69) is 78.4 Å². The first kappa shape index (κ1) is 20.2. The molecule has 0 unspecified atom stereocenters. The minimum atomic E-state index is 0.545. The van der Waals surface area contributed by atoms with Gasteiger partial charge in [-0.2, -0.15) is 0 Å². The fourth-order valence-electron chi connectivity index (χ4n) is 4.21. The van der Waals surface area contributed by atoms with E-state index in [1.807, 2.05) is 42.5 Å². The Bertz CT molecular complexity index is 1600. The van der Waals surface area contributed by atoms with Crippen LogP contribution in [0.25, 0.3) is 39.0 Å². The molecule has 0 aliphatic heterocycles. The maximum absolute atomic E-state index is 6.04.